The summed E-state index contributed by atoms with van der Waals surface area (Å²) in [6, 6.07) is 0. The third-order valence-corrected chi connectivity index (χ3v) is 2.15. The van der Waals surface area contributed by atoms with Crippen molar-refractivity contribution in [2.45, 2.75) is 51.6 Å². The molecule has 0 heterocycles. The van der Waals surface area contributed by atoms with Gasteiger partial charge in [-0.15, -0.1) is 0 Å². The van der Waals surface area contributed by atoms with Crippen molar-refractivity contribution in [1.82, 2.24) is 0 Å². The maximum absolute atomic E-state index is 9.57. The fourth-order valence-electron chi connectivity index (χ4n) is 1.31. The van der Waals surface area contributed by atoms with Crippen molar-refractivity contribution in [2.75, 3.05) is 6.61 Å². The van der Waals surface area contributed by atoms with E-state index in [-0.39, 0.29) is 5.41 Å². The lowest BCUT2D eigenvalue weighted by Gasteiger charge is -2.29. The highest BCUT2D eigenvalue weighted by Gasteiger charge is 2.32. The normalized spacial score (nSPS) is 20.8. The maximum Gasteiger partial charge on any atom is 0.110 e. The van der Waals surface area contributed by atoms with E-state index in [1.807, 2.05) is 20.8 Å². The largest absolute Gasteiger partial charge is 0.394 e. The molecule has 15 heavy (non-hydrogen) atoms. The van der Waals surface area contributed by atoms with Crippen molar-refractivity contribution in [1.29, 1.82) is 0 Å². The van der Waals surface area contributed by atoms with Crippen molar-refractivity contribution < 1.29 is 25.5 Å². The van der Waals surface area contributed by atoms with Gasteiger partial charge in [0.25, 0.3) is 0 Å². The average molecular weight is 222 g/mol. The Morgan fingerprint density at radius 2 is 1.27 bits per heavy atom. The molecule has 0 rings (SSSR count). The van der Waals surface area contributed by atoms with Gasteiger partial charge in [-0.2, -0.15) is 0 Å². The fourth-order valence-corrected chi connectivity index (χ4v) is 1.31. The summed E-state index contributed by atoms with van der Waals surface area (Å²) in [6.07, 6.45) is -5.25. The van der Waals surface area contributed by atoms with E-state index >= 15 is 0 Å². The first kappa shape index (κ1) is 14.8. The zero-order valence-corrected chi connectivity index (χ0v) is 9.46. The quantitative estimate of drug-likeness (QED) is 0.405. The summed E-state index contributed by atoms with van der Waals surface area (Å²) in [5.41, 5.74) is -0.190. The summed E-state index contributed by atoms with van der Waals surface area (Å²) in [7, 11) is 0. The van der Waals surface area contributed by atoms with Crippen LogP contribution >= 0.6 is 0 Å². The molecule has 5 heteroatoms. The summed E-state index contributed by atoms with van der Waals surface area (Å²) in [5, 5.41) is 46.0. The second kappa shape index (κ2) is 5.77. The van der Waals surface area contributed by atoms with E-state index in [2.05, 4.69) is 0 Å². The van der Waals surface area contributed by atoms with Crippen molar-refractivity contribution in [3.8, 4) is 0 Å². The summed E-state index contributed by atoms with van der Waals surface area (Å²) in [6.45, 7) is 5.01. The third kappa shape index (κ3) is 5.44. The van der Waals surface area contributed by atoms with E-state index in [9.17, 15) is 15.3 Å². The van der Waals surface area contributed by atoms with Crippen LogP contribution in [0.1, 0.15) is 27.2 Å². The first-order valence-corrected chi connectivity index (χ1v) is 5.02. The minimum absolute atomic E-state index is 0.190. The van der Waals surface area contributed by atoms with E-state index in [4.69, 9.17) is 10.2 Å². The molecule has 92 valence electrons. The molecular formula is C10H22O5. The summed E-state index contributed by atoms with van der Waals surface area (Å²) >= 11 is 0. The Labute approximate surface area is 90.0 Å². The molecule has 0 aliphatic heterocycles. The molecule has 5 nitrogen and oxygen atoms in total. The zero-order chi connectivity index (χ0) is 12.2. The van der Waals surface area contributed by atoms with Crippen LogP contribution in [0.25, 0.3) is 0 Å². The summed E-state index contributed by atoms with van der Waals surface area (Å²) in [5.74, 6) is 0. The van der Waals surface area contributed by atoms with Gasteiger partial charge in [0.2, 0.25) is 0 Å². The van der Waals surface area contributed by atoms with Gasteiger partial charge in [-0.25, -0.2) is 0 Å². The van der Waals surface area contributed by atoms with Crippen LogP contribution in [0.15, 0.2) is 0 Å². The lowest BCUT2D eigenvalue weighted by atomic mass is 9.86. The summed E-state index contributed by atoms with van der Waals surface area (Å²) < 4.78 is 0. The van der Waals surface area contributed by atoms with Gasteiger partial charge in [0.15, 0.2) is 0 Å². The van der Waals surface area contributed by atoms with Crippen LogP contribution in [0.3, 0.4) is 0 Å². The Kier molecular flexibility index (Phi) is 5.69. The molecule has 0 bridgehead atoms. The number of rotatable bonds is 5. The Morgan fingerprint density at radius 1 is 0.867 bits per heavy atom. The van der Waals surface area contributed by atoms with Crippen LogP contribution in [-0.4, -0.2) is 56.6 Å². The van der Waals surface area contributed by atoms with Gasteiger partial charge in [0.1, 0.15) is 18.3 Å². The minimum Gasteiger partial charge on any atom is -0.394 e. The van der Waals surface area contributed by atoms with E-state index in [1.165, 1.54) is 0 Å². The van der Waals surface area contributed by atoms with Gasteiger partial charge in [-0.3, -0.25) is 0 Å². The van der Waals surface area contributed by atoms with Crippen molar-refractivity contribution >= 4 is 0 Å². The van der Waals surface area contributed by atoms with Crippen LogP contribution in [0.5, 0.6) is 0 Å². The van der Waals surface area contributed by atoms with Crippen LogP contribution in [0.2, 0.25) is 0 Å². The Hall–Kier alpha value is -0.200. The maximum atomic E-state index is 9.57. The van der Waals surface area contributed by atoms with E-state index < -0.39 is 31.0 Å². The molecule has 4 atom stereocenters. The highest BCUT2D eigenvalue weighted by atomic mass is 16.4. The molecular weight excluding hydrogens is 200 g/mol. The molecule has 0 fully saturated rings. The first-order valence-electron chi connectivity index (χ1n) is 5.02. The van der Waals surface area contributed by atoms with Gasteiger partial charge in [-0.05, 0) is 11.8 Å². The topological polar surface area (TPSA) is 101 Å². The van der Waals surface area contributed by atoms with Crippen LogP contribution < -0.4 is 0 Å². The van der Waals surface area contributed by atoms with E-state index in [0.29, 0.717) is 6.42 Å². The molecule has 0 aromatic carbocycles. The minimum atomic E-state index is -1.53. The molecule has 0 saturated heterocycles. The predicted molar refractivity (Wildman–Crippen MR) is 55.2 cm³/mol. The highest BCUT2D eigenvalue weighted by molar-refractivity contribution is 4.83. The molecule has 0 amide bonds. The molecule has 0 aromatic rings. The second-order valence-corrected chi connectivity index (χ2v) is 5.06. The Balaban J connectivity index is 4.25. The summed E-state index contributed by atoms with van der Waals surface area (Å²) in [4.78, 5) is 0. The van der Waals surface area contributed by atoms with Gasteiger partial charge in [-0.1, -0.05) is 20.8 Å². The number of aliphatic hydroxyl groups is 5. The van der Waals surface area contributed by atoms with Crippen molar-refractivity contribution in [3.63, 3.8) is 0 Å². The van der Waals surface area contributed by atoms with E-state index in [0.717, 1.165) is 0 Å². The molecule has 0 aromatic heterocycles. The van der Waals surface area contributed by atoms with Crippen LogP contribution in [-0.2, 0) is 0 Å². The van der Waals surface area contributed by atoms with Crippen molar-refractivity contribution in [2.24, 2.45) is 5.41 Å². The molecule has 0 radical (unpaired) electrons. The fraction of sp³-hybridized carbons (Fsp3) is 1.00. The van der Waals surface area contributed by atoms with Crippen LogP contribution in [0, 0.1) is 5.41 Å². The second-order valence-electron chi connectivity index (χ2n) is 5.06. The SMILES string of the molecule is CC(C)(C)C[C@@H](O)[C@@H](O)[C@@H](O)[C@@H](O)CO. The zero-order valence-electron chi connectivity index (χ0n) is 9.46. The molecule has 0 saturated carbocycles. The molecule has 0 aliphatic rings. The lowest BCUT2D eigenvalue weighted by molar-refractivity contribution is -0.121. The lowest BCUT2D eigenvalue weighted by Crippen LogP contribution is -2.46. The average Bonchev–Trinajstić information content (AvgIpc) is 2.11. The van der Waals surface area contributed by atoms with Crippen molar-refractivity contribution in [3.05, 3.63) is 0 Å². The highest BCUT2D eigenvalue weighted by Crippen LogP contribution is 2.23. The smallest absolute Gasteiger partial charge is 0.110 e. The molecule has 0 aliphatic carbocycles. The van der Waals surface area contributed by atoms with Crippen LogP contribution in [0.4, 0.5) is 0 Å². The predicted octanol–water partition coefficient (Wildman–Crippen LogP) is -1.14. The number of hydrogen-bond acceptors (Lipinski definition) is 5. The van der Waals surface area contributed by atoms with Gasteiger partial charge < -0.3 is 25.5 Å². The molecule has 0 unspecified atom stereocenters. The Bertz CT molecular complexity index is 177. The first-order chi connectivity index (χ1) is 6.69. The number of hydrogen-bond donors (Lipinski definition) is 5. The molecule has 0 spiro atoms. The Morgan fingerprint density at radius 3 is 1.60 bits per heavy atom. The number of aliphatic hydroxyl groups excluding tert-OH is 5. The van der Waals surface area contributed by atoms with Gasteiger partial charge in [0.05, 0.1) is 12.7 Å². The van der Waals surface area contributed by atoms with Gasteiger partial charge >= 0.3 is 0 Å². The monoisotopic (exact) mass is 222 g/mol. The van der Waals surface area contributed by atoms with Gasteiger partial charge in [0, 0.05) is 0 Å². The molecule has 5 N–H and O–H groups in total. The van der Waals surface area contributed by atoms with E-state index in [1.54, 1.807) is 0 Å². The standard InChI is InChI=1S/C10H22O5/c1-10(2,3)4-6(12)8(14)9(15)7(13)5-11/h6-9,11-15H,4-5H2,1-3H3/t6-,7+,8-,9+/m1/s1. The third-order valence-electron chi connectivity index (χ3n) is 2.15.